The van der Waals surface area contributed by atoms with E-state index in [-0.39, 0.29) is 0 Å². The molecule has 274 valence electrons. The molecule has 0 bridgehead atoms. The molecular weight excluding hydrogens is 699 g/mol. The second kappa shape index (κ2) is 14.5. The standard InChI is InChI=1S/C57H41N/c1-4-39-33-47(30-32-55(39)58(3)38(2)40-15-6-5-7-16-40)45-21-14-22-46(34-45)48-29-31-53-54(37-48)57(50-28-26-42-18-9-11-20-44(42)36-50)52-24-13-12-23-51(52)56(53)49-27-25-41-17-8-10-19-43(41)35-49/h4-37H,1-2H2,3H3. The van der Waals surface area contributed by atoms with E-state index in [1.807, 2.05) is 24.3 Å². The molecule has 0 saturated carbocycles. The third-order valence-electron chi connectivity index (χ3n) is 11.8. The molecule has 0 aliphatic carbocycles. The number of anilines is 1. The highest BCUT2D eigenvalue weighted by Gasteiger charge is 2.19. The van der Waals surface area contributed by atoms with E-state index < -0.39 is 0 Å². The van der Waals surface area contributed by atoms with E-state index >= 15 is 0 Å². The van der Waals surface area contributed by atoms with E-state index in [1.54, 1.807) is 0 Å². The van der Waals surface area contributed by atoms with Crippen molar-refractivity contribution in [3.63, 3.8) is 0 Å². The highest BCUT2D eigenvalue weighted by molar-refractivity contribution is 6.22. The minimum atomic E-state index is 0.939. The first-order chi connectivity index (χ1) is 28.5. The van der Waals surface area contributed by atoms with Gasteiger partial charge in [0.15, 0.2) is 0 Å². The molecule has 10 aromatic rings. The van der Waals surface area contributed by atoms with Crippen LogP contribution in [0.15, 0.2) is 213 Å². The SMILES string of the molecule is C=Cc1cc(-c2cccc(-c3ccc4c(-c5ccc6ccccc6c5)c5ccccc5c(-c5ccc6ccccc6c5)c4c3)c2)ccc1N(C)C(=C)c1ccccc1. The summed E-state index contributed by atoms with van der Waals surface area (Å²) in [6.45, 7) is 8.60. The fraction of sp³-hybridized carbons (Fsp3) is 0.0175. The zero-order valence-corrected chi connectivity index (χ0v) is 32.5. The van der Waals surface area contributed by atoms with Crippen molar-refractivity contribution in [2.24, 2.45) is 0 Å². The Balaban J connectivity index is 1.14. The van der Waals surface area contributed by atoms with Crippen LogP contribution >= 0.6 is 0 Å². The molecule has 0 aliphatic heterocycles. The summed E-state index contributed by atoms with van der Waals surface area (Å²) < 4.78 is 0. The lowest BCUT2D eigenvalue weighted by Crippen LogP contribution is -2.15. The van der Waals surface area contributed by atoms with Crippen LogP contribution in [0.2, 0.25) is 0 Å². The minimum Gasteiger partial charge on any atom is -0.344 e. The molecule has 0 radical (unpaired) electrons. The smallest absolute Gasteiger partial charge is 0.0481 e. The van der Waals surface area contributed by atoms with Gasteiger partial charge in [0.25, 0.3) is 0 Å². The molecule has 0 saturated heterocycles. The fourth-order valence-corrected chi connectivity index (χ4v) is 8.72. The van der Waals surface area contributed by atoms with Crippen LogP contribution in [0.25, 0.3) is 99.4 Å². The van der Waals surface area contributed by atoms with Crippen LogP contribution in [0.1, 0.15) is 11.1 Å². The van der Waals surface area contributed by atoms with Crippen LogP contribution in [0.5, 0.6) is 0 Å². The van der Waals surface area contributed by atoms with Gasteiger partial charge in [-0.15, -0.1) is 0 Å². The normalized spacial score (nSPS) is 11.3. The van der Waals surface area contributed by atoms with Crippen LogP contribution in [0, 0.1) is 0 Å². The Morgan fingerprint density at radius 3 is 1.50 bits per heavy atom. The first-order valence-electron chi connectivity index (χ1n) is 19.9. The Bertz CT molecular complexity index is 3220. The summed E-state index contributed by atoms with van der Waals surface area (Å²) in [6, 6.07) is 72.9. The first kappa shape index (κ1) is 35.0. The fourth-order valence-electron chi connectivity index (χ4n) is 8.72. The topological polar surface area (TPSA) is 3.24 Å². The van der Waals surface area contributed by atoms with Gasteiger partial charge in [-0.05, 0) is 135 Å². The Labute approximate surface area is 340 Å². The van der Waals surface area contributed by atoms with Gasteiger partial charge in [0.1, 0.15) is 0 Å². The zero-order chi connectivity index (χ0) is 39.2. The highest BCUT2D eigenvalue weighted by Crippen LogP contribution is 2.46. The van der Waals surface area contributed by atoms with Crippen molar-refractivity contribution in [3.8, 4) is 44.5 Å². The van der Waals surface area contributed by atoms with Gasteiger partial charge in [0, 0.05) is 18.4 Å². The summed E-state index contributed by atoms with van der Waals surface area (Å²) in [5.41, 5.74) is 13.7. The summed E-state index contributed by atoms with van der Waals surface area (Å²) >= 11 is 0. The van der Waals surface area contributed by atoms with Gasteiger partial charge >= 0.3 is 0 Å². The Kier molecular flexibility index (Phi) is 8.77. The number of hydrogen-bond acceptors (Lipinski definition) is 1. The molecule has 0 fully saturated rings. The lowest BCUT2D eigenvalue weighted by Gasteiger charge is -2.24. The monoisotopic (exact) mass is 739 g/mol. The third kappa shape index (κ3) is 6.15. The van der Waals surface area contributed by atoms with E-state index in [0.717, 1.165) is 33.6 Å². The van der Waals surface area contributed by atoms with Crippen molar-refractivity contribution in [1.29, 1.82) is 0 Å². The van der Waals surface area contributed by atoms with Crippen molar-refractivity contribution < 1.29 is 0 Å². The van der Waals surface area contributed by atoms with Crippen molar-refractivity contribution in [1.82, 2.24) is 0 Å². The molecule has 10 rings (SSSR count). The average Bonchev–Trinajstić information content (AvgIpc) is 3.29. The van der Waals surface area contributed by atoms with Gasteiger partial charge < -0.3 is 4.90 Å². The van der Waals surface area contributed by atoms with Gasteiger partial charge in [-0.2, -0.15) is 0 Å². The molecule has 0 heterocycles. The van der Waals surface area contributed by atoms with Gasteiger partial charge in [0.05, 0.1) is 0 Å². The Morgan fingerprint density at radius 2 is 0.879 bits per heavy atom. The van der Waals surface area contributed by atoms with Crippen LogP contribution in [-0.2, 0) is 0 Å². The maximum atomic E-state index is 4.41. The summed E-state index contributed by atoms with van der Waals surface area (Å²) in [5.74, 6) is 0. The van der Waals surface area contributed by atoms with Crippen molar-refractivity contribution in [2.45, 2.75) is 0 Å². The lowest BCUT2D eigenvalue weighted by atomic mass is 9.84. The second-order valence-electron chi connectivity index (χ2n) is 15.1. The summed E-state index contributed by atoms with van der Waals surface area (Å²) in [4.78, 5) is 2.14. The quantitative estimate of drug-likeness (QED) is 0.140. The molecule has 1 heteroatoms. The van der Waals surface area contributed by atoms with E-state index in [9.17, 15) is 0 Å². The molecule has 0 amide bonds. The highest BCUT2D eigenvalue weighted by atomic mass is 15.1. The molecule has 0 aromatic heterocycles. The van der Waals surface area contributed by atoms with Gasteiger partial charge in [-0.25, -0.2) is 0 Å². The summed E-state index contributed by atoms with van der Waals surface area (Å²) in [7, 11) is 2.07. The molecule has 58 heavy (non-hydrogen) atoms. The number of hydrogen-bond donors (Lipinski definition) is 0. The number of nitrogens with zero attached hydrogens (tertiary/aromatic N) is 1. The van der Waals surface area contributed by atoms with E-state index in [1.165, 1.54) is 76.5 Å². The van der Waals surface area contributed by atoms with Crippen molar-refractivity contribution in [3.05, 3.63) is 224 Å². The second-order valence-corrected chi connectivity index (χ2v) is 15.1. The number of benzene rings is 10. The Hall–Kier alpha value is -7.48. The number of rotatable bonds is 8. The molecule has 0 atom stereocenters. The minimum absolute atomic E-state index is 0.939. The van der Waals surface area contributed by atoms with Crippen LogP contribution < -0.4 is 4.90 Å². The summed E-state index contributed by atoms with van der Waals surface area (Å²) in [6.07, 6.45) is 1.94. The Morgan fingerprint density at radius 1 is 0.397 bits per heavy atom. The summed E-state index contributed by atoms with van der Waals surface area (Å²) in [5, 5.41) is 9.94. The largest absolute Gasteiger partial charge is 0.344 e. The molecule has 0 unspecified atom stereocenters. The molecule has 0 spiro atoms. The van der Waals surface area contributed by atoms with Crippen LogP contribution in [-0.4, -0.2) is 7.05 Å². The molecular formula is C57H41N. The van der Waals surface area contributed by atoms with Gasteiger partial charge in [-0.1, -0.05) is 183 Å². The molecule has 10 aromatic carbocycles. The van der Waals surface area contributed by atoms with Crippen LogP contribution in [0.4, 0.5) is 5.69 Å². The first-order valence-corrected chi connectivity index (χ1v) is 19.9. The number of fused-ring (bicyclic) bond motifs is 4. The molecule has 0 aliphatic rings. The predicted octanol–water partition coefficient (Wildman–Crippen LogP) is 15.7. The van der Waals surface area contributed by atoms with Crippen molar-refractivity contribution >= 4 is 60.6 Å². The maximum Gasteiger partial charge on any atom is 0.0481 e. The van der Waals surface area contributed by atoms with Gasteiger partial charge in [-0.3, -0.25) is 0 Å². The average molecular weight is 740 g/mol. The molecule has 0 N–H and O–H groups in total. The molecule has 1 nitrogen and oxygen atoms in total. The zero-order valence-electron chi connectivity index (χ0n) is 32.5. The van der Waals surface area contributed by atoms with E-state index in [4.69, 9.17) is 0 Å². The lowest BCUT2D eigenvalue weighted by molar-refractivity contribution is 1.22. The van der Waals surface area contributed by atoms with Gasteiger partial charge in [0.2, 0.25) is 0 Å². The predicted molar refractivity (Wildman–Crippen MR) is 252 cm³/mol. The van der Waals surface area contributed by atoms with E-state index in [2.05, 4.69) is 207 Å². The van der Waals surface area contributed by atoms with Crippen LogP contribution in [0.3, 0.4) is 0 Å². The van der Waals surface area contributed by atoms with E-state index in [0.29, 0.717) is 0 Å². The van der Waals surface area contributed by atoms with Crippen molar-refractivity contribution in [2.75, 3.05) is 11.9 Å². The third-order valence-corrected chi connectivity index (χ3v) is 11.8. The maximum absolute atomic E-state index is 4.41.